The van der Waals surface area contributed by atoms with Gasteiger partial charge in [0, 0.05) is 5.02 Å². The zero-order valence-electron chi connectivity index (χ0n) is 12.2. The standard InChI is InChI=1S/C16H13Cl3N2S/c1-7-4-8(2)13-15(9(7)3)22-16(20-13)21-14-11(18)5-10(17)6-12(14)19/h4-6H,1-3H3,(H,20,21). The van der Waals surface area contributed by atoms with Gasteiger partial charge in [0.15, 0.2) is 5.13 Å². The predicted octanol–water partition coefficient (Wildman–Crippen LogP) is 6.93. The number of hydrogen-bond acceptors (Lipinski definition) is 3. The van der Waals surface area contributed by atoms with Crippen LogP contribution >= 0.6 is 46.1 Å². The summed E-state index contributed by atoms with van der Waals surface area (Å²) < 4.78 is 1.18. The molecule has 1 N–H and O–H groups in total. The van der Waals surface area contributed by atoms with Gasteiger partial charge in [-0.15, -0.1) is 0 Å². The van der Waals surface area contributed by atoms with Gasteiger partial charge in [0.05, 0.1) is 25.9 Å². The number of fused-ring (bicyclic) bond motifs is 1. The van der Waals surface area contributed by atoms with E-state index in [1.165, 1.54) is 15.8 Å². The number of aromatic nitrogens is 1. The fraction of sp³-hybridized carbons (Fsp3) is 0.188. The number of anilines is 2. The third-order valence-corrected chi connectivity index (χ3v) is 5.51. The molecule has 0 amide bonds. The molecule has 0 unspecified atom stereocenters. The van der Waals surface area contributed by atoms with Gasteiger partial charge in [-0.3, -0.25) is 0 Å². The fourth-order valence-electron chi connectivity index (χ4n) is 2.34. The Balaban J connectivity index is 2.09. The molecule has 6 heteroatoms. The summed E-state index contributed by atoms with van der Waals surface area (Å²) in [5.74, 6) is 0. The van der Waals surface area contributed by atoms with Crippen LogP contribution in [-0.4, -0.2) is 4.98 Å². The van der Waals surface area contributed by atoms with Crippen molar-refractivity contribution in [1.82, 2.24) is 4.98 Å². The molecule has 22 heavy (non-hydrogen) atoms. The first kappa shape index (κ1) is 15.9. The molecule has 3 rings (SSSR count). The van der Waals surface area contributed by atoms with Crippen molar-refractivity contribution >= 4 is 67.2 Å². The molecule has 114 valence electrons. The predicted molar refractivity (Wildman–Crippen MR) is 98.6 cm³/mol. The Morgan fingerprint density at radius 1 is 0.955 bits per heavy atom. The smallest absolute Gasteiger partial charge is 0.188 e. The summed E-state index contributed by atoms with van der Waals surface area (Å²) in [6.45, 7) is 6.30. The number of hydrogen-bond donors (Lipinski definition) is 1. The Labute approximate surface area is 148 Å². The molecular weight excluding hydrogens is 359 g/mol. The van der Waals surface area contributed by atoms with Crippen LogP contribution in [0.2, 0.25) is 15.1 Å². The maximum absolute atomic E-state index is 6.22. The number of aryl methyl sites for hydroxylation is 3. The topological polar surface area (TPSA) is 24.9 Å². The lowest BCUT2D eigenvalue weighted by atomic mass is 10.1. The minimum atomic E-state index is 0.474. The minimum absolute atomic E-state index is 0.474. The number of nitrogens with one attached hydrogen (secondary N) is 1. The van der Waals surface area contributed by atoms with Crippen molar-refractivity contribution in [2.75, 3.05) is 5.32 Å². The zero-order valence-corrected chi connectivity index (χ0v) is 15.3. The van der Waals surface area contributed by atoms with Crippen molar-refractivity contribution in [3.8, 4) is 0 Å². The van der Waals surface area contributed by atoms with Crippen LogP contribution in [0.15, 0.2) is 18.2 Å². The van der Waals surface area contributed by atoms with Crippen LogP contribution in [0.1, 0.15) is 16.7 Å². The Morgan fingerprint density at radius 2 is 1.59 bits per heavy atom. The maximum Gasteiger partial charge on any atom is 0.188 e. The third-order valence-electron chi connectivity index (χ3n) is 3.60. The molecule has 1 heterocycles. The lowest BCUT2D eigenvalue weighted by Gasteiger charge is -2.08. The average Bonchev–Trinajstić information content (AvgIpc) is 2.85. The van der Waals surface area contributed by atoms with Crippen molar-refractivity contribution in [3.05, 3.63) is 50.0 Å². The van der Waals surface area contributed by atoms with Crippen molar-refractivity contribution in [2.45, 2.75) is 20.8 Å². The van der Waals surface area contributed by atoms with E-state index < -0.39 is 0 Å². The van der Waals surface area contributed by atoms with Gasteiger partial charge in [0.2, 0.25) is 0 Å². The van der Waals surface area contributed by atoms with Crippen LogP contribution in [0.4, 0.5) is 10.8 Å². The summed E-state index contributed by atoms with van der Waals surface area (Å²) in [5.41, 5.74) is 5.31. The molecule has 0 fully saturated rings. The summed E-state index contributed by atoms with van der Waals surface area (Å²) in [6.07, 6.45) is 0. The Bertz CT molecular complexity index is 864. The normalized spacial score (nSPS) is 11.2. The Kier molecular flexibility index (Phi) is 4.25. The molecule has 3 aromatic rings. The number of benzene rings is 2. The molecule has 1 aromatic heterocycles. The monoisotopic (exact) mass is 370 g/mol. The molecule has 0 aliphatic heterocycles. The van der Waals surface area contributed by atoms with Gasteiger partial charge in [0.1, 0.15) is 0 Å². The van der Waals surface area contributed by atoms with Gasteiger partial charge in [-0.2, -0.15) is 0 Å². The molecule has 0 aliphatic carbocycles. The molecular formula is C16H13Cl3N2S. The lowest BCUT2D eigenvalue weighted by molar-refractivity contribution is 1.33. The summed E-state index contributed by atoms with van der Waals surface area (Å²) >= 11 is 20.0. The van der Waals surface area contributed by atoms with E-state index in [-0.39, 0.29) is 0 Å². The van der Waals surface area contributed by atoms with Gasteiger partial charge in [0.25, 0.3) is 0 Å². The first-order valence-corrected chi connectivity index (χ1v) is 8.60. The molecule has 0 saturated heterocycles. The molecule has 0 bridgehead atoms. The van der Waals surface area contributed by atoms with Crippen LogP contribution in [-0.2, 0) is 0 Å². The van der Waals surface area contributed by atoms with Crippen molar-refractivity contribution < 1.29 is 0 Å². The highest BCUT2D eigenvalue weighted by Crippen LogP contribution is 2.39. The van der Waals surface area contributed by atoms with E-state index in [0.29, 0.717) is 20.8 Å². The van der Waals surface area contributed by atoms with E-state index in [1.807, 2.05) is 0 Å². The van der Waals surface area contributed by atoms with Gasteiger partial charge in [-0.25, -0.2) is 4.98 Å². The van der Waals surface area contributed by atoms with Crippen LogP contribution in [0.25, 0.3) is 10.2 Å². The highest BCUT2D eigenvalue weighted by atomic mass is 35.5. The van der Waals surface area contributed by atoms with Crippen LogP contribution in [0.3, 0.4) is 0 Å². The molecule has 2 aromatic carbocycles. The molecule has 0 spiro atoms. The van der Waals surface area contributed by atoms with Gasteiger partial charge in [-0.05, 0) is 49.6 Å². The summed E-state index contributed by atoms with van der Waals surface area (Å²) in [7, 11) is 0. The van der Waals surface area contributed by atoms with E-state index in [4.69, 9.17) is 34.8 Å². The van der Waals surface area contributed by atoms with Crippen LogP contribution < -0.4 is 5.32 Å². The second-order valence-corrected chi connectivity index (χ2v) is 7.45. The van der Waals surface area contributed by atoms with Gasteiger partial charge < -0.3 is 5.32 Å². The zero-order chi connectivity index (χ0) is 16.0. The maximum atomic E-state index is 6.22. The Hall–Kier alpha value is -1.000. The largest absolute Gasteiger partial charge is 0.329 e. The first-order chi connectivity index (χ1) is 10.4. The van der Waals surface area contributed by atoms with Crippen LogP contribution in [0, 0.1) is 20.8 Å². The van der Waals surface area contributed by atoms with Crippen molar-refractivity contribution in [3.63, 3.8) is 0 Å². The van der Waals surface area contributed by atoms with Crippen molar-refractivity contribution in [1.29, 1.82) is 0 Å². The summed E-state index contributed by atoms with van der Waals surface area (Å²) in [6, 6.07) is 5.47. The van der Waals surface area contributed by atoms with Crippen LogP contribution in [0.5, 0.6) is 0 Å². The highest BCUT2D eigenvalue weighted by Gasteiger charge is 2.14. The number of halogens is 3. The van der Waals surface area contributed by atoms with E-state index in [9.17, 15) is 0 Å². The van der Waals surface area contributed by atoms with E-state index >= 15 is 0 Å². The lowest BCUT2D eigenvalue weighted by Crippen LogP contribution is -1.92. The average molecular weight is 372 g/mol. The van der Waals surface area contributed by atoms with Gasteiger partial charge in [-0.1, -0.05) is 52.2 Å². The van der Waals surface area contributed by atoms with E-state index in [1.54, 1.807) is 23.5 Å². The van der Waals surface area contributed by atoms with Gasteiger partial charge >= 0.3 is 0 Å². The molecule has 0 atom stereocenters. The van der Waals surface area contributed by atoms with Crippen molar-refractivity contribution in [2.24, 2.45) is 0 Å². The second-order valence-electron chi connectivity index (χ2n) is 5.20. The number of thiazole rings is 1. The SMILES string of the molecule is Cc1cc(C)c2nc(Nc3c(Cl)cc(Cl)cc3Cl)sc2c1C. The third kappa shape index (κ3) is 2.79. The fourth-order valence-corrected chi connectivity index (χ4v) is 4.36. The second kappa shape index (κ2) is 5.89. The minimum Gasteiger partial charge on any atom is -0.329 e. The molecule has 0 radical (unpaired) electrons. The first-order valence-electron chi connectivity index (χ1n) is 6.65. The van der Waals surface area contributed by atoms with E-state index in [2.05, 4.69) is 37.1 Å². The number of rotatable bonds is 2. The molecule has 0 aliphatic rings. The summed E-state index contributed by atoms with van der Waals surface area (Å²) in [4.78, 5) is 4.67. The summed E-state index contributed by atoms with van der Waals surface area (Å²) in [5, 5.41) is 5.43. The highest BCUT2D eigenvalue weighted by molar-refractivity contribution is 7.22. The molecule has 2 nitrogen and oxygen atoms in total. The Morgan fingerprint density at radius 3 is 2.23 bits per heavy atom. The van der Waals surface area contributed by atoms with E-state index in [0.717, 1.165) is 16.2 Å². The quantitative estimate of drug-likeness (QED) is 0.528. The molecule has 0 saturated carbocycles. The number of nitrogens with zero attached hydrogens (tertiary/aromatic N) is 1.